The molecule has 0 aliphatic rings. The third-order valence-corrected chi connectivity index (χ3v) is 3.01. The van der Waals surface area contributed by atoms with Crippen LogP contribution in [-0.2, 0) is 0 Å². The van der Waals surface area contributed by atoms with Crippen LogP contribution in [0.3, 0.4) is 0 Å². The molecule has 1 aromatic carbocycles. The molecule has 0 heterocycles. The molecule has 5 nitrogen and oxygen atoms in total. The number of hydrogen-bond acceptors (Lipinski definition) is 5. The van der Waals surface area contributed by atoms with Gasteiger partial charge in [-0.1, -0.05) is 13.8 Å². The van der Waals surface area contributed by atoms with Crippen LogP contribution in [0, 0.1) is 5.41 Å². The Bertz CT molecular complexity index is 394. The molecule has 0 saturated carbocycles. The second-order valence-corrected chi connectivity index (χ2v) is 5.13. The molecule has 0 atom stereocenters. The van der Waals surface area contributed by atoms with Gasteiger partial charge in [-0.3, -0.25) is 0 Å². The number of hydrogen-bond donors (Lipinski definition) is 2. The number of anilines is 1. The quantitative estimate of drug-likeness (QED) is 0.793. The van der Waals surface area contributed by atoms with Crippen molar-refractivity contribution in [1.82, 2.24) is 0 Å². The average Bonchev–Trinajstić information content (AvgIpc) is 2.44. The monoisotopic (exact) mass is 268 g/mol. The van der Waals surface area contributed by atoms with Crippen LogP contribution in [0.5, 0.6) is 17.2 Å². The van der Waals surface area contributed by atoms with Gasteiger partial charge in [0.15, 0.2) is 0 Å². The van der Waals surface area contributed by atoms with Crippen molar-refractivity contribution < 1.29 is 14.2 Å². The predicted octanol–water partition coefficient (Wildman–Crippen LogP) is 2.11. The minimum absolute atomic E-state index is 0.00402. The second kappa shape index (κ2) is 6.52. The second-order valence-electron chi connectivity index (χ2n) is 5.13. The van der Waals surface area contributed by atoms with Crippen molar-refractivity contribution in [1.29, 1.82) is 0 Å². The van der Waals surface area contributed by atoms with Crippen molar-refractivity contribution >= 4 is 5.69 Å². The van der Waals surface area contributed by atoms with Crippen LogP contribution >= 0.6 is 0 Å². The van der Waals surface area contributed by atoms with E-state index in [1.807, 2.05) is 12.1 Å². The maximum Gasteiger partial charge on any atom is 0.149 e. The average molecular weight is 268 g/mol. The van der Waals surface area contributed by atoms with Crippen molar-refractivity contribution in [3.63, 3.8) is 0 Å². The van der Waals surface area contributed by atoms with Crippen LogP contribution in [0.4, 0.5) is 5.69 Å². The molecule has 0 saturated heterocycles. The van der Waals surface area contributed by atoms with E-state index in [2.05, 4.69) is 19.2 Å². The van der Waals surface area contributed by atoms with Gasteiger partial charge in [-0.25, -0.2) is 0 Å². The fourth-order valence-electron chi connectivity index (χ4n) is 1.58. The van der Waals surface area contributed by atoms with Gasteiger partial charge in [0.25, 0.3) is 0 Å². The van der Waals surface area contributed by atoms with Gasteiger partial charge < -0.3 is 25.3 Å². The van der Waals surface area contributed by atoms with Crippen molar-refractivity contribution in [3.8, 4) is 17.2 Å². The molecule has 0 bridgehead atoms. The normalized spacial score (nSPS) is 11.1. The Morgan fingerprint density at radius 3 is 1.95 bits per heavy atom. The molecule has 1 rings (SSSR count). The number of methoxy groups -OCH3 is 3. The van der Waals surface area contributed by atoms with Gasteiger partial charge >= 0.3 is 0 Å². The fourth-order valence-corrected chi connectivity index (χ4v) is 1.58. The maximum atomic E-state index is 5.73. The van der Waals surface area contributed by atoms with Crippen molar-refractivity contribution in [3.05, 3.63) is 12.1 Å². The summed E-state index contributed by atoms with van der Waals surface area (Å²) >= 11 is 0. The first-order valence-electron chi connectivity index (χ1n) is 6.21. The lowest BCUT2D eigenvalue weighted by molar-refractivity contribution is 0.373. The van der Waals surface area contributed by atoms with E-state index in [1.165, 1.54) is 0 Å². The lowest BCUT2D eigenvalue weighted by atomic mass is 9.94. The Kier molecular flexibility index (Phi) is 5.30. The minimum atomic E-state index is -0.00402. The summed E-state index contributed by atoms with van der Waals surface area (Å²) in [6, 6.07) is 3.64. The van der Waals surface area contributed by atoms with Gasteiger partial charge in [0.05, 0.1) is 21.3 Å². The lowest BCUT2D eigenvalue weighted by Crippen LogP contribution is -2.31. The number of rotatable bonds is 7. The maximum absolute atomic E-state index is 5.73. The topological polar surface area (TPSA) is 65.7 Å². The fraction of sp³-hybridized carbons (Fsp3) is 0.571. The molecular formula is C14H24N2O3. The van der Waals surface area contributed by atoms with Gasteiger partial charge in [0, 0.05) is 18.7 Å². The highest BCUT2D eigenvalue weighted by molar-refractivity contribution is 5.68. The third kappa shape index (κ3) is 3.92. The van der Waals surface area contributed by atoms with E-state index in [1.54, 1.807) is 21.3 Å². The molecule has 0 aliphatic heterocycles. The molecule has 108 valence electrons. The summed E-state index contributed by atoms with van der Waals surface area (Å²) < 4.78 is 16.0. The largest absolute Gasteiger partial charge is 0.496 e. The molecule has 0 unspecified atom stereocenters. The van der Waals surface area contributed by atoms with Gasteiger partial charge in [-0.15, -0.1) is 0 Å². The first-order chi connectivity index (χ1) is 8.97. The Balaban J connectivity index is 3.04. The van der Waals surface area contributed by atoms with Gasteiger partial charge in [-0.05, 0) is 12.0 Å². The van der Waals surface area contributed by atoms with Crippen molar-refractivity contribution in [2.75, 3.05) is 39.7 Å². The minimum Gasteiger partial charge on any atom is -0.496 e. The van der Waals surface area contributed by atoms with Crippen molar-refractivity contribution in [2.45, 2.75) is 13.8 Å². The zero-order valence-electron chi connectivity index (χ0n) is 12.4. The van der Waals surface area contributed by atoms with E-state index in [9.17, 15) is 0 Å². The summed E-state index contributed by atoms with van der Waals surface area (Å²) in [5.41, 5.74) is 6.54. The summed E-state index contributed by atoms with van der Waals surface area (Å²) in [7, 11) is 4.85. The Hall–Kier alpha value is -1.62. The number of nitrogens with two attached hydrogens (primary N) is 1. The van der Waals surface area contributed by atoms with Gasteiger partial charge in [0.2, 0.25) is 0 Å². The van der Waals surface area contributed by atoms with E-state index < -0.39 is 0 Å². The molecule has 0 spiro atoms. The summed E-state index contributed by atoms with van der Waals surface area (Å²) in [5.74, 6) is 2.06. The summed E-state index contributed by atoms with van der Waals surface area (Å²) in [4.78, 5) is 0. The molecule has 19 heavy (non-hydrogen) atoms. The summed E-state index contributed by atoms with van der Waals surface area (Å²) in [5, 5.41) is 3.34. The predicted molar refractivity (Wildman–Crippen MR) is 77.4 cm³/mol. The zero-order chi connectivity index (χ0) is 14.5. The highest BCUT2D eigenvalue weighted by Crippen LogP contribution is 2.39. The molecule has 0 fully saturated rings. The molecular weight excluding hydrogens is 244 g/mol. The molecule has 0 aromatic heterocycles. The van der Waals surface area contributed by atoms with Crippen LogP contribution < -0.4 is 25.3 Å². The first kappa shape index (κ1) is 15.4. The van der Waals surface area contributed by atoms with E-state index in [-0.39, 0.29) is 5.41 Å². The van der Waals surface area contributed by atoms with E-state index >= 15 is 0 Å². The lowest BCUT2D eigenvalue weighted by Gasteiger charge is -2.25. The Morgan fingerprint density at radius 1 is 1.05 bits per heavy atom. The molecule has 1 aromatic rings. The third-order valence-electron chi connectivity index (χ3n) is 3.01. The molecule has 0 amide bonds. The van der Waals surface area contributed by atoms with Crippen LogP contribution in [-0.4, -0.2) is 34.4 Å². The van der Waals surface area contributed by atoms with Gasteiger partial charge in [-0.2, -0.15) is 0 Å². The molecule has 0 aliphatic carbocycles. The van der Waals surface area contributed by atoms with Crippen LogP contribution in [0.2, 0.25) is 0 Å². The Morgan fingerprint density at radius 2 is 1.58 bits per heavy atom. The van der Waals surface area contributed by atoms with E-state index in [0.717, 1.165) is 12.2 Å². The standard InChI is InChI=1S/C14H24N2O3/c1-14(2,8-15)9-16-13-11(18-4)6-10(17-3)7-12(13)19-5/h6-7,16H,8-9,15H2,1-5H3. The summed E-state index contributed by atoms with van der Waals surface area (Å²) in [6.45, 7) is 5.52. The van der Waals surface area contributed by atoms with Crippen LogP contribution in [0.25, 0.3) is 0 Å². The molecule has 5 heteroatoms. The zero-order valence-corrected chi connectivity index (χ0v) is 12.4. The molecule has 3 N–H and O–H groups in total. The highest BCUT2D eigenvalue weighted by Gasteiger charge is 2.19. The smallest absolute Gasteiger partial charge is 0.149 e. The van der Waals surface area contributed by atoms with Gasteiger partial charge in [0.1, 0.15) is 22.9 Å². The SMILES string of the molecule is COc1cc(OC)c(NCC(C)(C)CN)c(OC)c1. The van der Waals surface area contributed by atoms with E-state index in [4.69, 9.17) is 19.9 Å². The highest BCUT2D eigenvalue weighted by atomic mass is 16.5. The van der Waals surface area contributed by atoms with Crippen LogP contribution in [0.15, 0.2) is 12.1 Å². The van der Waals surface area contributed by atoms with E-state index in [0.29, 0.717) is 23.8 Å². The first-order valence-corrected chi connectivity index (χ1v) is 6.21. The Labute approximate surface area is 115 Å². The van der Waals surface area contributed by atoms with Crippen LogP contribution in [0.1, 0.15) is 13.8 Å². The summed E-state index contributed by atoms with van der Waals surface area (Å²) in [6.07, 6.45) is 0. The molecule has 0 radical (unpaired) electrons. The van der Waals surface area contributed by atoms with Crippen molar-refractivity contribution in [2.24, 2.45) is 11.1 Å². The number of benzene rings is 1. The number of nitrogens with one attached hydrogen (secondary N) is 1. The number of ether oxygens (including phenoxy) is 3.